The molecule has 0 atom stereocenters. The van der Waals surface area contributed by atoms with Crippen LogP contribution < -0.4 is 10.9 Å². The molecule has 26 heavy (non-hydrogen) atoms. The van der Waals surface area contributed by atoms with Gasteiger partial charge in [-0.3, -0.25) is 10.9 Å². The number of hydrazine groups is 1. The van der Waals surface area contributed by atoms with Crippen LogP contribution in [-0.2, 0) is 0 Å². The number of nitrogens with zero attached hydrogens (tertiary/aromatic N) is 4. The van der Waals surface area contributed by atoms with Gasteiger partial charge in [0.25, 0.3) is 0 Å². The third-order valence-corrected chi connectivity index (χ3v) is 3.83. The van der Waals surface area contributed by atoms with Gasteiger partial charge in [0, 0.05) is 16.8 Å². The van der Waals surface area contributed by atoms with Gasteiger partial charge < -0.3 is 0 Å². The van der Waals surface area contributed by atoms with Gasteiger partial charge in [0.15, 0.2) is 5.65 Å². The Balaban J connectivity index is 1.85. The molecule has 3 rings (SSSR count). The first-order valence-electron chi connectivity index (χ1n) is 8.42. The van der Waals surface area contributed by atoms with Crippen LogP contribution in [0.3, 0.4) is 0 Å². The van der Waals surface area contributed by atoms with Crippen LogP contribution in [0.25, 0.3) is 11.0 Å². The van der Waals surface area contributed by atoms with Crippen LogP contribution >= 0.6 is 0 Å². The number of aromatic nitrogens is 4. The molecule has 3 heterocycles. The second-order valence-electron chi connectivity index (χ2n) is 6.21. The van der Waals surface area contributed by atoms with E-state index in [0.29, 0.717) is 11.6 Å². The molecule has 0 aromatic carbocycles. The third kappa shape index (κ3) is 4.42. The molecule has 132 valence electrons. The second-order valence-corrected chi connectivity index (χ2v) is 6.21. The van der Waals surface area contributed by atoms with Gasteiger partial charge in [0.2, 0.25) is 0 Å². The molecule has 6 nitrogen and oxygen atoms in total. The van der Waals surface area contributed by atoms with Gasteiger partial charge in [-0.2, -0.15) is 0 Å². The SMILES string of the molecule is Cc1cccc(NNc2ccc3c(C)cc(C)nc3n2)ncnc(C)c1. The molecule has 6 heteroatoms. The highest BCUT2D eigenvalue weighted by Crippen LogP contribution is 2.18. The van der Waals surface area contributed by atoms with Crippen LogP contribution in [0.2, 0.25) is 0 Å². The molecule has 0 fully saturated rings. The lowest BCUT2D eigenvalue weighted by molar-refractivity contribution is 1.12. The maximum Gasteiger partial charge on any atom is 0.162 e. The number of pyridine rings is 2. The van der Waals surface area contributed by atoms with Crippen LogP contribution in [0.4, 0.5) is 11.6 Å². The predicted molar refractivity (Wildman–Crippen MR) is 105 cm³/mol. The molecule has 0 unspecified atom stereocenters. The zero-order valence-electron chi connectivity index (χ0n) is 15.4. The highest BCUT2D eigenvalue weighted by molar-refractivity contribution is 5.80. The van der Waals surface area contributed by atoms with Gasteiger partial charge in [-0.1, -0.05) is 12.1 Å². The summed E-state index contributed by atoms with van der Waals surface area (Å²) >= 11 is 0. The molecule has 0 saturated carbocycles. The van der Waals surface area contributed by atoms with Crippen molar-refractivity contribution >= 4 is 22.7 Å². The van der Waals surface area contributed by atoms with Crippen LogP contribution in [0, 0.1) is 27.7 Å². The van der Waals surface area contributed by atoms with E-state index in [2.05, 4.69) is 43.8 Å². The summed E-state index contributed by atoms with van der Waals surface area (Å²) in [5, 5.41) is 1.05. The van der Waals surface area contributed by atoms with Gasteiger partial charge >= 0.3 is 0 Å². The minimum absolute atomic E-state index is 0.628. The summed E-state index contributed by atoms with van der Waals surface area (Å²) in [7, 11) is 0. The second kappa shape index (κ2) is 7.74. The quantitative estimate of drug-likeness (QED) is 0.692. The highest BCUT2D eigenvalue weighted by Gasteiger charge is 2.03. The lowest BCUT2D eigenvalue weighted by Gasteiger charge is -2.09. The standard InChI is InChI=1S/C20H22N6/c1-13-6-5-7-18(22-12-21-15(3)10-13)25-26-19-9-8-17-14(2)11-16(4)23-20(17)24-19/h5-12H,1-4H3,(H,21,22,25)(H,23,24,26). The number of rotatable bonds is 3. The van der Waals surface area contributed by atoms with Crippen molar-refractivity contribution in [2.75, 3.05) is 10.9 Å². The van der Waals surface area contributed by atoms with Crippen LogP contribution in [0.15, 0.2) is 48.8 Å². The summed E-state index contributed by atoms with van der Waals surface area (Å²) in [6.07, 6.45) is 1.53. The van der Waals surface area contributed by atoms with Gasteiger partial charge in [0.05, 0.1) is 0 Å². The first-order chi connectivity index (χ1) is 12.5. The van der Waals surface area contributed by atoms with E-state index in [1.807, 2.05) is 57.2 Å². The van der Waals surface area contributed by atoms with E-state index in [0.717, 1.165) is 28.0 Å². The van der Waals surface area contributed by atoms with Gasteiger partial charge in [-0.05, 0) is 69.2 Å². The minimum atomic E-state index is 0.628. The lowest BCUT2D eigenvalue weighted by atomic mass is 10.1. The first kappa shape index (κ1) is 17.5. The number of hydrogen-bond donors (Lipinski definition) is 2. The fourth-order valence-corrected chi connectivity index (χ4v) is 2.63. The van der Waals surface area contributed by atoms with Crippen molar-refractivity contribution < 1.29 is 0 Å². The number of anilines is 2. The Morgan fingerprint density at radius 2 is 1.54 bits per heavy atom. The molecule has 0 amide bonds. The van der Waals surface area contributed by atoms with E-state index in [9.17, 15) is 0 Å². The van der Waals surface area contributed by atoms with Crippen LogP contribution in [0.5, 0.6) is 0 Å². The van der Waals surface area contributed by atoms with Gasteiger partial charge in [-0.25, -0.2) is 19.9 Å². The summed E-state index contributed by atoms with van der Waals surface area (Å²) in [6, 6.07) is 13.8. The lowest BCUT2D eigenvalue weighted by Crippen LogP contribution is -2.11. The predicted octanol–water partition coefficient (Wildman–Crippen LogP) is 4.22. The Labute approximate surface area is 153 Å². The van der Waals surface area contributed by atoms with E-state index in [1.165, 1.54) is 11.9 Å². The summed E-state index contributed by atoms with van der Waals surface area (Å²) in [5.74, 6) is 1.30. The van der Waals surface area contributed by atoms with Crippen molar-refractivity contribution in [2.45, 2.75) is 27.7 Å². The van der Waals surface area contributed by atoms with Gasteiger partial charge in [-0.15, -0.1) is 0 Å². The van der Waals surface area contributed by atoms with Crippen molar-refractivity contribution in [1.82, 2.24) is 19.9 Å². The first-order valence-corrected chi connectivity index (χ1v) is 8.42. The van der Waals surface area contributed by atoms with Gasteiger partial charge in [0.1, 0.15) is 18.0 Å². The van der Waals surface area contributed by atoms with Crippen molar-refractivity contribution in [2.24, 2.45) is 0 Å². The van der Waals surface area contributed by atoms with E-state index < -0.39 is 0 Å². The zero-order valence-corrected chi connectivity index (χ0v) is 15.4. The maximum absolute atomic E-state index is 4.56. The molecule has 3 aromatic heterocycles. The Morgan fingerprint density at radius 3 is 2.38 bits per heavy atom. The van der Waals surface area contributed by atoms with Crippen molar-refractivity contribution in [1.29, 1.82) is 0 Å². The molecule has 3 aromatic rings. The van der Waals surface area contributed by atoms with Crippen LogP contribution in [-0.4, -0.2) is 19.9 Å². The number of nitrogens with one attached hydrogen (secondary N) is 2. The molecule has 0 spiro atoms. The zero-order chi connectivity index (χ0) is 18.5. The number of aryl methyl sites for hydroxylation is 4. The average molecular weight is 346 g/mol. The Kier molecular flexibility index (Phi) is 5.22. The monoisotopic (exact) mass is 346 g/mol. The molecule has 0 radical (unpaired) electrons. The smallest absolute Gasteiger partial charge is 0.162 e. The number of hydrogen-bond acceptors (Lipinski definition) is 6. The molecule has 0 aliphatic carbocycles. The molecule has 0 saturated heterocycles. The van der Waals surface area contributed by atoms with Crippen LogP contribution in [0.1, 0.15) is 22.5 Å². The topological polar surface area (TPSA) is 75.6 Å². The molecule has 2 N–H and O–H groups in total. The fraction of sp³-hybridized carbons (Fsp3) is 0.200. The van der Waals surface area contributed by atoms with E-state index >= 15 is 0 Å². The number of fused-ring (bicyclic) bond motifs is 1. The summed E-state index contributed by atoms with van der Waals surface area (Å²) in [5.41, 5.74) is 11.0. The minimum Gasteiger partial charge on any atom is -0.283 e. The van der Waals surface area contributed by atoms with E-state index in [-0.39, 0.29) is 0 Å². The largest absolute Gasteiger partial charge is 0.283 e. The molecule has 0 aliphatic heterocycles. The Hall–Kier alpha value is -3.28. The maximum atomic E-state index is 4.56. The molecular formula is C20H22N6. The third-order valence-electron chi connectivity index (χ3n) is 3.83. The summed E-state index contributed by atoms with van der Waals surface area (Å²) in [4.78, 5) is 17.7. The van der Waals surface area contributed by atoms with Crippen molar-refractivity contribution in [3.63, 3.8) is 0 Å². The molecular weight excluding hydrogens is 324 g/mol. The van der Waals surface area contributed by atoms with E-state index in [1.54, 1.807) is 0 Å². The fourth-order valence-electron chi connectivity index (χ4n) is 2.63. The summed E-state index contributed by atoms with van der Waals surface area (Å²) < 4.78 is 0. The highest BCUT2D eigenvalue weighted by atomic mass is 15.4. The molecule has 0 aliphatic rings. The average Bonchev–Trinajstić information content (AvgIpc) is 2.58. The Bertz CT molecular complexity index is 955. The van der Waals surface area contributed by atoms with E-state index in [4.69, 9.17) is 0 Å². The van der Waals surface area contributed by atoms with Crippen molar-refractivity contribution in [3.8, 4) is 0 Å². The summed E-state index contributed by atoms with van der Waals surface area (Å²) in [6.45, 7) is 8.01. The normalized spacial score (nSPS) is 10.3. The van der Waals surface area contributed by atoms with Crippen molar-refractivity contribution in [3.05, 3.63) is 71.3 Å². The molecule has 0 bridgehead atoms. The Morgan fingerprint density at radius 1 is 0.731 bits per heavy atom.